The van der Waals surface area contributed by atoms with Gasteiger partial charge in [-0.1, -0.05) is 17.3 Å². The molecule has 156 valence electrons. The van der Waals surface area contributed by atoms with Crippen molar-refractivity contribution in [3.8, 4) is 0 Å². The summed E-state index contributed by atoms with van der Waals surface area (Å²) in [6.07, 6.45) is 0.549. The number of nitrogens with one attached hydrogen (secondary N) is 1. The number of fused-ring (bicyclic) bond motifs is 1. The minimum absolute atomic E-state index is 0.0210. The molecule has 5 rings (SSSR count). The van der Waals surface area contributed by atoms with Crippen molar-refractivity contribution in [2.45, 2.75) is 31.9 Å². The average molecular weight is 477 g/mol. The Hall–Kier alpha value is -2.79. The van der Waals surface area contributed by atoms with E-state index in [2.05, 4.69) is 36.5 Å². The normalized spacial score (nSPS) is 21.0. The number of amides is 1. The molecule has 2 atom stereocenters. The van der Waals surface area contributed by atoms with Gasteiger partial charge in [-0.25, -0.2) is 14.1 Å². The third kappa shape index (κ3) is 3.37. The van der Waals surface area contributed by atoms with Gasteiger partial charge in [0.05, 0.1) is 18.4 Å². The highest BCUT2D eigenvalue weighted by Gasteiger charge is 2.33. The van der Waals surface area contributed by atoms with Crippen molar-refractivity contribution in [1.29, 1.82) is 0 Å². The highest BCUT2D eigenvalue weighted by atomic mass is 79.9. The van der Waals surface area contributed by atoms with Crippen molar-refractivity contribution >= 4 is 21.8 Å². The maximum absolute atomic E-state index is 13.1. The van der Waals surface area contributed by atoms with Crippen LogP contribution in [-0.4, -0.2) is 43.9 Å². The van der Waals surface area contributed by atoms with Crippen LogP contribution in [0.25, 0.3) is 0 Å². The Kier molecular flexibility index (Phi) is 4.78. The maximum Gasteiger partial charge on any atom is 0.276 e. The third-order valence-corrected chi connectivity index (χ3v) is 5.87. The summed E-state index contributed by atoms with van der Waals surface area (Å²) in [5, 5.41) is 4.09. The molecule has 0 aliphatic carbocycles. The topological polar surface area (TPSA) is 98.3 Å². The van der Waals surface area contributed by atoms with Gasteiger partial charge >= 0.3 is 0 Å². The van der Waals surface area contributed by atoms with Crippen molar-refractivity contribution in [1.82, 2.24) is 24.7 Å². The first-order valence-electron chi connectivity index (χ1n) is 9.47. The summed E-state index contributed by atoms with van der Waals surface area (Å²) in [5.41, 5.74) is 5.14. The number of carbonyl (C=O) groups excluding carboxylic acids is 1. The lowest BCUT2D eigenvalue weighted by Gasteiger charge is -2.28. The molecule has 1 aromatic carbocycles. The number of imidazole rings is 1. The molecule has 9 nitrogen and oxygen atoms in total. The predicted molar refractivity (Wildman–Crippen MR) is 106 cm³/mol. The second kappa shape index (κ2) is 7.47. The number of carbonyl (C=O) groups is 1. The van der Waals surface area contributed by atoms with E-state index in [1.807, 2.05) is 0 Å². The number of ether oxygens (including phenoxy) is 1. The third-order valence-electron chi connectivity index (χ3n) is 5.33. The molecular weight excluding hydrogens is 459 g/mol. The van der Waals surface area contributed by atoms with Gasteiger partial charge in [-0.05, 0) is 47.0 Å². The molecule has 0 radical (unpaired) electrons. The number of hydrogen-bond acceptors (Lipinski definition) is 7. The zero-order valence-corrected chi connectivity index (χ0v) is 17.6. The minimum atomic E-state index is -0.275. The molecule has 3 aromatic rings. The van der Waals surface area contributed by atoms with Crippen LogP contribution >= 0.6 is 15.9 Å². The molecule has 30 heavy (non-hydrogen) atoms. The molecule has 0 unspecified atom stereocenters. The van der Waals surface area contributed by atoms with Crippen LogP contribution in [0.3, 0.4) is 0 Å². The van der Waals surface area contributed by atoms with Crippen LogP contribution in [0.4, 0.5) is 4.39 Å². The Morgan fingerprint density at radius 2 is 2.10 bits per heavy atom. The smallest absolute Gasteiger partial charge is 0.276 e. The van der Waals surface area contributed by atoms with Gasteiger partial charge in [0, 0.05) is 5.92 Å². The van der Waals surface area contributed by atoms with Crippen molar-refractivity contribution in [3.63, 3.8) is 0 Å². The summed E-state index contributed by atoms with van der Waals surface area (Å²) in [5.74, 6) is 0.451. The van der Waals surface area contributed by atoms with Gasteiger partial charge in [-0.3, -0.25) is 4.79 Å². The van der Waals surface area contributed by atoms with Gasteiger partial charge in [-0.2, -0.15) is 4.98 Å². The molecular formula is C19H18BrFN6O3. The molecule has 1 saturated heterocycles. The van der Waals surface area contributed by atoms with Crippen LogP contribution in [0, 0.1) is 12.7 Å². The number of aryl methyl sites for hydroxylation is 1. The Labute approximate surface area is 179 Å². The highest BCUT2D eigenvalue weighted by molar-refractivity contribution is 9.10. The molecule has 0 saturated carbocycles. The quantitative estimate of drug-likeness (QED) is 0.617. The van der Waals surface area contributed by atoms with Crippen molar-refractivity contribution in [2.24, 2.45) is 0 Å². The van der Waals surface area contributed by atoms with Gasteiger partial charge in [0.1, 0.15) is 19.0 Å². The lowest BCUT2D eigenvalue weighted by molar-refractivity contribution is 0.0695. The lowest BCUT2D eigenvalue weighted by atomic mass is 10.00. The van der Waals surface area contributed by atoms with Crippen molar-refractivity contribution < 1.29 is 18.4 Å². The van der Waals surface area contributed by atoms with Crippen LogP contribution in [0.1, 0.15) is 51.9 Å². The van der Waals surface area contributed by atoms with E-state index in [4.69, 9.17) is 9.26 Å². The zero-order valence-electron chi connectivity index (χ0n) is 16.0. The number of nitrogens with zero attached hydrogens (tertiary/aromatic N) is 5. The van der Waals surface area contributed by atoms with Gasteiger partial charge in [0.25, 0.3) is 5.91 Å². The van der Waals surface area contributed by atoms with Crippen LogP contribution in [0.2, 0.25) is 0 Å². The van der Waals surface area contributed by atoms with Gasteiger partial charge in [0.15, 0.2) is 16.3 Å². The summed E-state index contributed by atoms with van der Waals surface area (Å²) < 4.78 is 26.5. The molecule has 0 spiro atoms. The van der Waals surface area contributed by atoms with E-state index < -0.39 is 0 Å². The molecule has 4 heterocycles. The maximum atomic E-state index is 13.1. The van der Waals surface area contributed by atoms with Gasteiger partial charge in [-0.15, -0.1) is 0 Å². The van der Waals surface area contributed by atoms with Crippen molar-refractivity contribution in [2.75, 3.05) is 18.7 Å². The fraction of sp³-hybridized carbons (Fsp3) is 0.368. The van der Waals surface area contributed by atoms with E-state index in [-0.39, 0.29) is 37.0 Å². The highest BCUT2D eigenvalue weighted by Crippen LogP contribution is 2.37. The molecule has 2 aromatic heterocycles. The van der Waals surface area contributed by atoms with E-state index in [0.717, 1.165) is 5.56 Å². The largest absolute Gasteiger partial charge is 0.373 e. The number of aromatic nitrogens is 4. The van der Waals surface area contributed by atoms with Crippen LogP contribution in [0.15, 0.2) is 33.5 Å². The Bertz CT molecular complexity index is 1100. The second-order valence-corrected chi connectivity index (χ2v) is 8.03. The summed E-state index contributed by atoms with van der Waals surface area (Å²) in [4.78, 5) is 23.1. The molecule has 1 amide bonds. The Balaban J connectivity index is 1.26. The van der Waals surface area contributed by atoms with E-state index in [1.165, 1.54) is 12.1 Å². The SMILES string of the molecule is Cc1nc(Br)n2c1C(=O)N(Cc1nc([C@@H]3CO[C@@H](c4ccc(F)cc4)C3)no1)CN2. The number of benzene rings is 1. The van der Waals surface area contributed by atoms with Crippen molar-refractivity contribution in [3.05, 3.63) is 63.5 Å². The number of hydrogen-bond donors (Lipinski definition) is 1. The predicted octanol–water partition coefficient (Wildman–Crippen LogP) is 2.88. The van der Waals surface area contributed by atoms with Gasteiger partial charge in [0.2, 0.25) is 5.89 Å². The fourth-order valence-electron chi connectivity index (χ4n) is 3.77. The van der Waals surface area contributed by atoms with E-state index in [1.54, 1.807) is 28.6 Å². The fourth-order valence-corrected chi connectivity index (χ4v) is 4.34. The average Bonchev–Trinajstić information content (AvgIpc) is 3.44. The monoisotopic (exact) mass is 476 g/mol. The van der Waals surface area contributed by atoms with E-state index in [0.29, 0.717) is 40.9 Å². The van der Waals surface area contributed by atoms with E-state index >= 15 is 0 Å². The molecule has 2 aliphatic rings. The molecule has 1 N–H and O–H groups in total. The lowest BCUT2D eigenvalue weighted by Crippen LogP contribution is -2.45. The summed E-state index contributed by atoms with van der Waals surface area (Å²) in [7, 11) is 0. The molecule has 0 bridgehead atoms. The molecule has 2 aliphatic heterocycles. The molecule has 1 fully saturated rings. The zero-order chi connectivity index (χ0) is 20.8. The first kappa shape index (κ1) is 19.2. The van der Waals surface area contributed by atoms with Gasteiger partial charge < -0.3 is 19.6 Å². The second-order valence-electron chi connectivity index (χ2n) is 7.32. The summed E-state index contributed by atoms with van der Waals surface area (Å²) in [6.45, 7) is 2.72. The first-order valence-corrected chi connectivity index (χ1v) is 10.3. The standard InChI is InChI=1S/C19H18BrFN6O3/c1-10-16-18(28)26(9-22-27(16)19(20)23-10)7-15-24-17(25-30-15)12-6-14(29-8-12)11-2-4-13(21)5-3-11/h2-5,12,14,22H,6-9H2,1H3/t12-,14+/m0/s1. The van der Waals surface area contributed by atoms with Crippen LogP contribution in [-0.2, 0) is 11.3 Å². The first-order chi connectivity index (χ1) is 14.5. The molecule has 11 heteroatoms. The Morgan fingerprint density at radius 1 is 1.30 bits per heavy atom. The summed E-state index contributed by atoms with van der Waals surface area (Å²) in [6, 6.07) is 6.30. The van der Waals surface area contributed by atoms with E-state index in [9.17, 15) is 9.18 Å². The summed E-state index contributed by atoms with van der Waals surface area (Å²) >= 11 is 3.33. The van der Waals surface area contributed by atoms with Crippen LogP contribution in [0.5, 0.6) is 0 Å². The Morgan fingerprint density at radius 3 is 2.90 bits per heavy atom. The minimum Gasteiger partial charge on any atom is -0.373 e. The number of rotatable bonds is 4. The number of halogens is 2. The van der Waals surface area contributed by atoms with Crippen LogP contribution < -0.4 is 5.43 Å².